The average Bonchev–Trinajstić information content (AvgIpc) is 2.13. The van der Waals surface area contributed by atoms with Gasteiger partial charge in [-0.05, 0) is 20.5 Å². The Morgan fingerprint density at radius 1 is 1.67 bits per heavy atom. The fraction of sp³-hybridized carbons (Fsp3) is 0.833. The van der Waals surface area contributed by atoms with Crippen LogP contribution >= 0.6 is 0 Å². The van der Waals surface area contributed by atoms with Crippen molar-refractivity contribution in [3.8, 4) is 0 Å². The predicted molar refractivity (Wildman–Crippen MR) is 35.1 cm³/mol. The van der Waals surface area contributed by atoms with Gasteiger partial charge in [-0.1, -0.05) is 0 Å². The van der Waals surface area contributed by atoms with E-state index in [1.165, 1.54) is 0 Å². The van der Waals surface area contributed by atoms with Gasteiger partial charge in [0.1, 0.15) is 0 Å². The highest BCUT2D eigenvalue weighted by Gasteiger charge is 2.25. The summed E-state index contributed by atoms with van der Waals surface area (Å²) >= 11 is 0. The zero-order chi connectivity index (χ0) is 6.85. The van der Waals surface area contributed by atoms with Gasteiger partial charge in [0.05, 0.1) is 6.04 Å². The number of likely N-dealkylation sites (N-methyl/N-ethyl adjacent to an activating group) is 1. The summed E-state index contributed by atoms with van der Waals surface area (Å²) < 4.78 is 0. The smallest absolute Gasteiger partial charge is 0.237 e. The molecular formula is C6H12N2O. The second-order valence-electron chi connectivity index (χ2n) is 2.56. The SMILES string of the molecule is CN(C)C1CCNC1=O. The van der Waals surface area contributed by atoms with Crippen LogP contribution in [0.5, 0.6) is 0 Å². The maximum absolute atomic E-state index is 10.9. The molecule has 1 aliphatic rings. The number of amides is 1. The molecule has 1 fully saturated rings. The summed E-state index contributed by atoms with van der Waals surface area (Å²) in [5, 5.41) is 2.77. The van der Waals surface area contributed by atoms with E-state index in [9.17, 15) is 4.79 Å². The van der Waals surface area contributed by atoms with E-state index in [0.717, 1.165) is 13.0 Å². The summed E-state index contributed by atoms with van der Waals surface area (Å²) in [6, 6.07) is 0.116. The molecule has 0 spiro atoms. The summed E-state index contributed by atoms with van der Waals surface area (Å²) in [4.78, 5) is 12.8. The topological polar surface area (TPSA) is 32.3 Å². The first-order valence-electron chi connectivity index (χ1n) is 3.16. The number of hydrogen-bond donors (Lipinski definition) is 1. The van der Waals surface area contributed by atoms with Crippen molar-refractivity contribution in [2.45, 2.75) is 12.5 Å². The molecule has 0 saturated carbocycles. The largest absolute Gasteiger partial charge is 0.355 e. The lowest BCUT2D eigenvalue weighted by Gasteiger charge is -2.14. The van der Waals surface area contributed by atoms with Crippen molar-refractivity contribution in [3.05, 3.63) is 0 Å². The van der Waals surface area contributed by atoms with E-state index in [1.54, 1.807) is 0 Å². The molecule has 1 aliphatic heterocycles. The van der Waals surface area contributed by atoms with E-state index in [0.29, 0.717) is 0 Å². The fourth-order valence-electron chi connectivity index (χ4n) is 1.07. The molecule has 9 heavy (non-hydrogen) atoms. The second kappa shape index (κ2) is 2.35. The van der Waals surface area contributed by atoms with Crippen molar-refractivity contribution in [2.75, 3.05) is 20.6 Å². The van der Waals surface area contributed by atoms with Gasteiger partial charge in [0.2, 0.25) is 5.91 Å². The number of nitrogens with one attached hydrogen (secondary N) is 1. The maximum Gasteiger partial charge on any atom is 0.237 e. The lowest BCUT2D eigenvalue weighted by atomic mass is 10.2. The zero-order valence-electron chi connectivity index (χ0n) is 5.85. The van der Waals surface area contributed by atoms with E-state index >= 15 is 0 Å². The van der Waals surface area contributed by atoms with E-state index < -0.39 is 0 Å². The third kappa shape index (κ3) is 1.21. The Morgan fingerprint density at radius 2 is 2.33 bits per heavy atom. The third-order valence-electron chi connectivity index (χ3n) is 1.64. The minimum absolute atomic E-state index is 0.116. The van der Waals surface area contributed by atoms with Gasteiger partial charge in [0.15, 0.2) is 0 Å². The summed E-state index contributed by atoms with van der Waals surface area (Å²) in [5.41, 5.74) is 0. The van der Waals surface area contributed by atoms with Gasteiger partial charge in [-0.2, -0.15) is 0 Å². The van der Waals surface area contributed by atoms with Crippen molar-refractivity contribution in [1.29, 1.82) is 0 Å². The molecule has 1 rings (SSSR count). The molecule has 0 aromatic rings. The van der Waals surface area contributed by atoms with Gasteiger partial charge in [-0.3, -0.25) is 9.69 Å². The lowest BCUT2D eigenvalue weighted by Crippen LogP contribution is -2.34. The van der Waals surface area contributed by atoms with Crippen LogP contribution in [0.2, 0.25) is 0 Å². The molecule has 1 unspecified atom stereocenters. The molecule has 0 aromatic carbocycles. The fourth-order valence-corrected chi connectivity index (χ4v) is 1.07. The predicted octanol–water partition coefficient (Wildman–Crippen LogP) is -0.563. The van der Waals surface area contributed by atoms with Gasteiger partial charge < -0.3 is 5.32 Å². The Balaban J connectivity index is 2.49. The first-order valence-corrected chi connectivity index (χ1v) is 3.16. The number of carbonyl (C=O) groups excluding carboxylic acids is 1. The summed E-state index contributed by atoms with van der Waals surface area (Å²) in [5.74, 6) is 0.167. The van der Waals surface area contributed by atoms with Crippen LogP contribution < -0.4 is 5.32 Å². The van der Waals surface area contributed by atoms with Gasteiger partial charge in [0.25, 0.3) is 0 Å². The minimum Gasteiger partial charge on any atom is -0.355 e. The van der Waals surface area contributed by atoms with Crippen LogP contribution in [-0.2, 0) is 4.79 Å². The molecule has 0 aliphatic carbocycles. The van der Waals surface area contributed by atoms with Crippen molar-refractivity contribution in [3.63, 3.8) is 0 Å². The van der Waals surface area contributed by atoms with Gasteiger partial charge in [-0.25, -0.2) is 0 Å². The lowest BCUT2D eigenvalue weighted by molar-refractivity contribution is -0.122. The minimum atomic E-state index is 0.116. The van der Waals surface area contributed by atoms with Crippen molar-refractivity contribution in [2.24, 2.45) is 0 Å². The maximum atomic E-state index is 10.9. The van der Waals surface area contributed by atoms with E-state index in [4.69, 9.17) is 0 Å². The first-order chi connectivity index (χ1) is 4.22. The molecule has 3 heteroatoms. The van der Waals surface area contributed by atoms with Crippen LogP contribution in [0.15, 0.2) is 0 Å². The molecule has 3 nitrogen and oxygen atoms in total. The van der Waals surface area contributed by atoms with Crippen LogP contribution in [0.1, 0.15) is 6.42 Å². The van der Waals surface area contributed by atoms with Crippen LogP contribution in [0.25, 0.3) is 0 Å². The van der Waals surface area contributed by atoms with Gasteiger partial charge in [0, 0.05) is 6.54 Å². The molecule has 0 radical (unpaired) electrons. The Kier molecular flexibility index (Phi) is 1.71. The van der Waals surface area contributed by atoms with E-state index in [1.807, 2.05) is 19.0 Å². The Labute approximate surface area is 55.0 Å². The van der Waals surface area contributed by atoms with Crippen LogP contribution in [0.4, 0.5) is 0 Å². The van der Waals surface area contributed by atoms with E-state index in [-0.39, 0.29) is 11.9 Å². The van der Waals surface area contributed by atoms with Crippen molar-refractivity contribution < 1.29 is 4.79 Å². The molecule has 52 valence electrons. The standard InChI is InChI=1S/C6H12N2O/c1-8(2)5-3-4-7-6(5)9/h5H,3-4H2,1-2H3,(H,7,9). The molecule has 1 amide bonds. The molecule has 1 N–H and O–H groups in total. The highest BCUT2D eigenvalue weighted by molar-refractivity contribution is 5.83. The van der Waals surface area contributed by atoms with Crippen LogP contribution in [0, 0.1) is 0 Å². The summed E-state index contributed by atoms with van der Waals surface area (Å²) in [6.45, 7) is 0.835. The molecule has 1 atom stereocenters. The Hall–Kier alpha value is -0.570. The molecular weight excluding hydrogens is 116 g/mol. The number of rotatable bonds is 1. The van der Waals surface area contributed by atoms with Gasteiger partial charge >= 0.3 is 0 Å². The quantitative estimate of drug-likeness (QED) is 0.513. The van der Waals surface area contributed by atoms with E-state index in [2.05, 4.69) is 5.32 Å². The second-order valence-corrected chi connectivity index (χ2v) is 2.56. The monoisotopic (exact) mass is 128 g/mol. The van der Waals surface area contributed by atoms with Crippen molar-refractivity contribution in [1.82, 2.24) is 10.2 Å². The highest BCUT2D eigenvalue weighted by Crippen LogP contribution is 2.04. The number of nitrogens with zero attached hydrogens (tertiary/aromatic N) is 1. The highest BCUT2D eigenvalue weighted by atomic mass is 16.2. The average molecular weight is 128 g/mol. The number of carbonyl (C=O) groups is 1. The van der Waals surface area contributed by atoms with Crippen molar-refractivity contribution >= 4 is 5.91 Å². The summed E-state index contributed by atoms with van der Waals surface area (Å²) in [6.07, 6.45) is 0.950. The first kappa shape index (κ1) is 6.55. The van der Waals surface area contributed by atoms with Crippen LogP contribution in [-0.4, -0.2) is 37.5 Å². The third-order valence-corrected chi connectivity index (χ3v) is 1.64. The molecule has 0 aromatic heterocycles. The normalized spacial score (nSPS) is 27.0. The Bertz CT molecular complexity index is 122. The van der Waals surface area contributed by atoms with Gasteiger partial charge in [-0.15, -0.1) is 0 Å². The number of hydrogen-bond acceptors (Lipinski definition) is 2. The van der Waals surface area contributed by atoms with Crippen LogP contribution in [0.3, 0.4) is 0 Å². The summed E-state index contributed by atoms with van der Waals surface area (Å²) in [7, 11) is 3.85. The zero-order valence-corrected chi connectivity index (χ0v) is 5.85. The molecule has 1 saturated heterocycles. The Morgan fingerprint density at radius 3 is 2.56 bits per heavy atom. The molecule has 0 bridgehead atoms. The molecule has 1 heterocycles.